The molecule has 1 saturated heterocycles. The SMILES string of the molecule is COc1ccc([N+](=O)[O-])cc1-c1ccc(C=Nc2ccc(N3CCOCC3)cc2)o1. The van der Waals surface area contributed by atoms with Gasteiger partial charge in [0.15, 0.2) is 0 Å². The van der Waals surface area contributed by atoms with Gasteiger partial charge < -0.3 is 18.8 Å². The number of benzene rings is 2. The number of anilines is 1. The first-order valence-electron chi connectivity index (χ1n) is 9.53. The van der Waals surface area contributed by atoms with Crippen molar-refractivity contribution in [3.63, 3.8) is 0 Å². The highest BCUT2D eigenvalue weighted by Gasteiger charge is 2.16. The summed E-state index contributed by atoms with van der Waals surface area (Å²) in [6, 6.07) is 15.9. The van der Waals surface area contributed by atoms with Crippen LogP contribution < -0.4 is 9.64 Å². The molecule has 3 aromatic rings. The van der Waals surface area contributed by atoms with Crippen LogP contribution in [0.3, 0.4) is 0 Å². The molecule has 8 nitrogen and oxygen atoms in total. The van der Waals surface area contributed by atoms with Crippen LogP contribution in [0.4, 0.5) is 17.1 Å². The van der Waals surface area contributed by atoms with Gasteiger partial charge in [-0.3, -0.25) is 15.1 Å². The summed E-state index contributed by atoms with van der Waals surface area (Å²) in [6.45, 7) is 3.27. The predicted octanol–water partition coefficient (Wildman–Crippen LogP) is 4.45. The third kappa shape index (κ3) is 4.33. The molecule has 0 spiro atoms. The molecule has 0 atom stereocenters. The smallest absolute Gasteiger partial charge is 0.270 e. The second-order valence-corrected chi connectivity index (χ2v) is 6.72. The Morgan fingerprint density at radius 1 is 1.10 bits per heavy atom. The fourth-order valence-corrected chi connectivity index (χ4v) is 3.28. The molecule has 0 N–H and O–H groups in total. The van der Waals surface area contributed by atoms with Crippen LogP contribution in [-0.4, -0.2) is 44.6 Å². The average molecular weight is 407 g/mol. The quantitative estimate of drug-likeness (QED) is 0.341. The van der Waals surface area contributed by atoms with Gasteiger partial charge in [0.05, 0.1) is 42.7 Å². The van der Waals surface area contributed by atoms with E-state index in [1.165, 1.54) is 19.2 Å². The molecule has 0 radical (unpaired) electrons. The normalized spacial score (nSPS) is 14.2. The van der Waals surface area contributed by atoms with E-state index in [0.29, 0.717) is 22.8 Å². The summed E-state index contributed by atoms with van der Waals surface area (Å²) in [5.74, 6) is 1.51. The maximum absolute atomic E-state index is 11.1. The first-order chi connectivity index (χ1) is 14.6. The molecule has 8 heteroatoms. The second kappa shape index (κ2) is 8.79. The van der Waals surface area contributed by atoms with Crippen LogP contribution in [0.25, 0.3) is 11.3 Å². The van der Waals surface area contributed by atoms with E-state index >= 15 is 0 Å². The molecule has 2 aromatic carbocycles. The topological polar surface area (TPSA) is 90.3 Å². The van der Waals surface area contributed by atoms with Crippen molar-refractivity contribution < 1.29 is 18.8 Å². The number of non-ortho nitro benzene ring substituents is 1. The van der Waals surface area contributed by atoms with E-state index in [-0.39, 0.29) is 5.69 Å². The van der Waals surface area contributed by atoms with E-state index in [0.717, 1.165) is 37.7 Å². The number of hydrogen-bond donors (Lipinski definition) is 0. The summed E-state index contributed by atoms with van der Waals surface area (Å²) >= 11 is 0. The van der Waals surface area contributed by atoms with Gasteiger partial charge in [-0.1, -0.05) is 0 Å². The van der Waals surface area contributed by atoms with Crippen LogP contribution in [0.5, 0.6) is 5.75 Å². The number of hydrogen-bond acceptors (Lipinski definition) is 7. The second-order valence-electron chi connectivity index (χ2n) is 6.72. The zero-order valence-corrected chi connectivity index (χ0v) is 16.5. The van der Waals surface area contributed by atoms with Gasteiger partial charge in [0, 0.05) is 30.9 Å². The molecule has 0 amide bonds. The Labute approximate surface area is 173 Å². The summed E-state index contributed by atoms with van der Waals surface area (Å²) in [5.41, 5.74) is 2.44. The van der Waals surface area contributed by atoms with Crippen molar-refractivity contribution in [2.24, 2.45) is 4.99 Å². The predicted molar refractivity (Wildman–Crippen MR) is 114 cm³/mol. The Balaban J connectivity index is 1.50. The Morgan fingerprint density at radius 2 is 1.87 bits per heavy atom. The monoisotopic (exact) mass is 407 g/mol. The Bertz CT molecular complexity index is 1050. The van der Waals surface area contributed by atoms with Gasteiger partial charge in [-0.05, 0) is 42.5 Å². The number of nitrogens with zero attached hydrogens (tertiary/aromatic N) is 3. The summed E-state index contributed by atoms with van der Waals surface area (Å²) in [4.78, 5) is 17.4. The summed E-state index contributed by atoms with van der Waals surface area (Å²) in [5, 5.41) is 11.1. The lowest BCUT2D eigenvalue weighted by molar-refractivity contribution is -0.384. The minimum absolute atomic E-state index is 0.0298. The van der Waals surface area contributed by atoms with Crippen LogP contribution in [-0.2, 0) is 4.74 Å². The largest absolute Gasteiger partial charge is 0.496 e. The molecule has 1 aromatic heterocycles. The first kappa shape index (κ1) is 19.7. The van der Waals surface area contributed by atoms with Crippen LogP contribution >= 0.6 is 0 Å². The number of aliphatic imine (C=N–C) groups is 1. The molecule has 1 fully saturated rings. The number of methoxy groups -OCH3 is 1. The fourth-order valence-electron chi connectivity index (χ4n) is 3.28. The number of rotatable bonds is 6. The van der Waals surface area contributed by atoms with Crippen molar-refractivity contribution in [3.8, 4) is 17.1 Å². The third-order valence-electron chi connectivity index (χ3n) is 4.85. The van der Waals surface area contributed by atoms with Crippen LogP contribution in [0.2, 0.25) is 0 Å². The van der Waals surface area contributed by atoms with Crippen molar-refractivity contribution >= 4 is 23.3 Å². The first-order valence-corrected chi connectivity index (χ1v) is 9.53. The highest BCUT2D eigenvalue weighted by molar-refractivity contribution is 5.81. The van der Waals surface area contributed by atoms with Crippen molar-refractivity contribution in [2.75, 3.05) is 38.3 Å². The van der Waals surface area contributed by atoms with Crippen LogP contribution in [0.1, 0.15) is 5.76 Å². The maximum atomic E-state index is 11.1. The zero-order valence-electron chi connectivity index (χ0n) is 16.5. The number of furan rings is 1. The number of ether oxygens (including phenoxy) is 2. The van der Waals surface area contributed by atoms with E-state index in [4.69, 9.17) is 13.9 Å². The highest BCUT2D eigenvalue weighted by Crippen LogP contribution is 2.34. The Hall–Kier alpha value is -3.65. The molecular weight excluding hydrogens is 386 g/mol. The minimum atomic E-state index is -0.450. The molecule has 154 valence electrons. The average Bonchev–Trinajstić information content (AvgIpc) is 3.27. The third-order valence-corrected chi connectivity index (χ3v) is 4.85. The van der Waals surface area contributed by atoms with Crippen molar-refractivity contribution in [3.05, 3.63) is 70.5 Å². The molecular formula is C22H21N3O5. The highest BCUT2D eigenvalue weighted by atomic mass is 16.6. The van der Waals surface area contributed by atoms with Crippen molar-refractivity contribution in [1.29, 1.82) is 0 Å². The maximum Gasteiger partial charge on any atom is 0.270 e. The lowest BCUT2D eigenvalue weighted by Crippen LogP contribution is -2.36. The van der Waals surface area contributed by atoms with Gasteiger partial charge in [-0.2, -0.15) is 0 Å². The molecule has 0 bridgehead atoms. The Morgan fingerprint density at radius 3 is 2.57 bits per heavy atom. The molecule has 30 heavy (non-hydrogen) atoms. The van der Waals surface area contributed by atoms with E-state index in [1.807, 2.05) is 24.3 Å². The van der Waals surface area contributed by atoms with E-state index in [9.17, 15) is 10.1 Å². The number of nitro groups is 1. The van der Waals surface area contributed by atoms with Gasteiger partial charge in [0.1, 0.15) is 17.3 Å². The molecule has 0 unspecified atom stereocenters. The van der Waals surface area contributed by atoms with Gasteiger partial charge in [0.25, 0.3) is 5.69 Å². The van der Waals surface area contributed by atoms with Crippen molar-refractivity contribution in [2.45, 2.75) is 0 Å². The standard InChI is InChI=1S/C22H21N3O5/c1-28-21-8-6-18(25(26)27)14-20(21)22-9-7-19(30-22)15-23-16-2-4-17(5-3-16)24-10-12-29-13-11-24/h2-9,14-15H,10-13H2,1H3. The van der Waals surface area contributed by atoms with Crippen LogP contribution in [0.15, 0.2) is 64.0 Å². The Kier molecular flexibility index (Phi) is 5.76. The van der Waals surface area contributed by atoms with E-state index in [1.54, 1.807) is 24.4 Å². The summed E-state index contributed by atoms with van der Waals surface area (Å²) < 4.78 is 16.5. The minimum Gasteiger partial charge on any atom is -0.496 e. The van der Waals surface area contributed by atoms with E-state index < -0.39 is 4.92 Å². The van der Waals surface area contributed by atoms with E-state index in [2.05, 4.69) is 9.89 Å². The number of nitro benzene ring substituents is 1. The van der Waals surface area contributed by atoms with Gasteiger partial charge in [-0.15, -0.1) is 0 Å². The van der Waals surface area contributed by atoms with Gasteiger partial charge in [-0.25, -0.2) is 0 Å². The lowest BCUT2D eigenvalue weighted by Gasteiger charge is -2.28. The molecule has 0 aliphatic carbocycles. The fraction of sp³-hybridized carbons (Fsp3) is 0.227. The molecule has 4 rings (SSSR count). The molecule has 1 aliphatic heterocycles. The number of morpholine rings is 1. The summed E-state index contributed by atoms with van der Waals surface area (Å²) in [7, 11) is 1.51. The lowest BCUT2D eigenvalue weighted by atomic mass is 10.1. The van der Waals surface area contributed by atoms with Gasteiger partial charge in [0.2, 0.25) is 0 Å². The van der Waals surface area contributed by atoms with Gasteiger partial charge >= 0.3 is 0 Å². The molecule has 2 heterocycles. The molecule has 1 aliphatic rings. The van der Waals surface area contributed by atoms with Crippen molar-refractivity contribution in [1.82, 2.24) is 0 Å². The molecule has 0 saturated carbocycles. The zero-order chi connectivity index (χ0) is 20.9. The summed E-state index contributed by atoms with van der Waals surface area (Å²) in [6.07, 6.45) is 1.62. The van der Waals surface area contributed by atoms with Crippen LogP contribution in [0, 0.1) is 10.1 Å².